The molecule has 0 saturated heterocycles. The Bertz CT molecular complexity index is 660. The van der Waals surface area contributed by atoms with Gasteiger partial charge in [-0.05, 0) is 60.4 Å². The molecular formula is C17H16Br2Cl2O2. The summed E-state index contributed by atoms with van der Waals surface area (Å²) in [6.07, 6.45) is 3.64. The molecule has 0 bridgehead atoms. The SMILES string of the molecule is CC1(C)C(C=C(Br)Br)C1C(=O)OCc1ccccc1C=C(Cl)Cl. The Morgan fingerprint density at radius 1 is 1.30 bits per heavy atom. The van der Waals surface area contributed by atoms with E-state index in [4.69, 9.17) is 27.9 Å². The summed E-state index contributed by atoms with van der Waals surface area (Å²) in [5.41, 5.74) is 1.62. The minimum absolute atomic E-state index is 0.0945. The predicted octanol–water partition coefficient (Wildman–Crippen LogP) is 6.41. The lowest BCUT2D eigenvalue weighted by Gasteiger charge is -2.08. The highest BCUT2D eigenvalue weighted by Gasteiger charge is 2.61. The maximum Gasteiger partial charge on any atom is 0.310 e. The lowest BCUT2D eigenvalue weighted by molar-refractivity contribution is -0.147. The standard InChI is InChI=1S/C17H16Br2Cl2O2/c1-17(2)12(8-13(18)19)15(17)16(22)23-9-11-6-4-3-5-10(11)7-14(20)21/h3-8,12,15H,9H2,1-2H3. The quantitative estimate of drug-likeness (QED) is 0.453. The highest BCUT2D eigenvalue weighted by molar-refractivity contribution is 9.28. The number of rotatable bonds is 5. The first-order valence-electron chi connectivity index (χ1n) is 7.03. The van der Waals surface area contributed by atoms with Gasteiger partial charge >= 0.3 is 5.97 Å². The molecule has 0 aromatic heterocycles. The Kier molecular flexibility index (Phi) is 6.40. The summed E-state index contributed by atoms with van der Waals surface area (Å²) < 4.78 is 6.53. The van der Waals surface area contributed by atoms with Gasteiger partial charge in [0.25, 0.3) is 0 Å². The molecule has 6 heteroatoms. The van der Waals surface area contributed by atoms with Crippen molar-refractivity contribution >= 4 is 67.1 Å². The van der Waals surface area contributed by atoms with Crippen LogP contribution in [0.2, 0.25) is 0 Å². The molecule has 2 atom stereocenters. The van der Waals surface area contributed by atoms with Gasteiger partial charge in [-0.1, -0.05) is 67.4 Å². The number of esters is 1. The van der Waals surface area contributed by atoms with E-state index in [1.54, 1.807) is 6.08 Å². The van der Waals surface area contributed by atoms with Gasteiger partial charge in [-0.25, -0.2) is 0 Å². The molecule has 23 heavy (non-hydrogen) atoms. The van der Waals surface area contributed by atoms with Crippen LogP contribution in [-0.2, 0) is 16.1 Å². The number of ether oxygens (including phenoxy) is 1. The van der Waals surface area contributed by atoms with Crippen molar-refractivity contribution in [3.63, 3.8) is 0 Å². The van der Waals surface area contributed by atoms with E-state index in [1.165, 1.54) is 0 Å². The fourth-order valence-electron chi connectivity index (χ4n) is 2.74. The average Bonchev–Trinajstić information content (AvgIpc) is 2.97. The normalized spacial score (nSPS) is 21.3. The fraction of sp³-hybridized carbons (Fsp3) is 0.353. The smallest absolute Gasteiger partial charge is 0.310 e. The lowest BCUT2D eigenvalue weighted by atomic mass is 10.1. The molecule has 1 saturated carbocycles. The molecule has 2 unspecified atom stereocenters. The fourth-order valence-corrected chi connectivity index (χ4v) is 3.54. The monoisotopic (exact) mass is 480 g/mol. The molecule has 124 valence electrons. The van der Waals surface area contributed by atoms with Crippen molar-refractivity contribution in [1.82, 2.24) is 0 Å². The third kappa shape index (κ3) is 4.85. The van der Waals surface area contributed by atoms with Gasteiger partial charge in [0.2, 0.25) is 0 Å². The third-order valence-electron chi connectivity index (χ3n) is 4.16. The van der Waals surface area contributed by atoms with Crippen LogP contribution in [0.5, 0.6) is 0 Å². The van der Waals surface area contributed by atoms with Gasteiger partial charge in [-0.2, -0.15) is 0 Å². The van der Waals surface area contributed by atoms with Crippen molar-refractivity contribution in [2.45, 2.75) is 20.5 Å². The van der Waals surface area contributed by atoms with Gasteiger partial charge in [-0.3, -0.25) is 4.79 Å². The number of hydrogen-bond donors (Lipinski definition) is 0. The first kappa shape index (κ1) is 19.0. The van der Waals surface area contributed by atoms with Crippen LogP contribution >= 0.6 is 55.1 Å². The summed E-state index contributed by atoms with van der Waals surface area (Å²) in [5.74, 6) is -0.156. The van der Waals surface area contributed by atoms with Crippen LogP contribution in [0.1, 0.15) is 25.0 Å². The molecule has 1 aromatic carbocycles. The zero-order chi connectivity index (χ0) is 17.2. The zero-order valence-corrected chi connectivity index (χ0v) is 17.3. The number of halogens is 4. The van der Waals surface area contributed by atoms with E-state index in [-0.39, 0.29) is 34.3 Å². The number of allylic oxidation sites excluding steroid dienone is 1. The highest BCUT2D eigenvalue weighted by atomic mass is 79.9. The van der Waals surface area contributed by atoms with E-state index in [0.717, 1.165) is 14.5 Å². The van der Waals surface area contributed by atoms with E-state index < -0.39 is 0 Å². The molecule has 1 aliphatic carbocycles. The van der Waals surface area contributed by atoms with Crippen molar-refractivity contribution in [3.8, 4) is 0 Å². The molecule has 0 spiro atoms. The minimum Gasteiger partial charge on any atom is -0.461 e. The van der Waals surface area contributed by atoms with E-state index >= 15 is 0 Å². The Balaban J connectivity index is 2.04. The maximum atomic E-state index is 12.4. The third-order valence-corrected chi connectivity index (χ3v) is 4.91. The first-order chi connectivity index (χ1) is 10.7. The molecule has 1 aromatic rings. The zero-order valence-electron chi connectivity index (χ0n) is 12.7. The van der Waals surface area contributed by atoms with E-state index in [1.807, 2.05) is 30.3 Å². The number of carbonyl (C=O) groups excluding carboxylic acids is 1. The number of hydrogen-bond acceptors (Lipinski definition) is 2. The second-order valence-corrected chi connectivity index (χ2v) is 9.80. The average molecular weight is 483 g/mol. The molecule has 0 amide bonds. The highest BCUT2D eigenvalue weighted by Crippen LogP contribution is 2.60. The van der Waals surface area contributed by atoms with Crippen LogP contribution in [0, 0.1) is 17.3 Å². The number of carbonyl (C=O) groups is 1. The largest absolute Gasteiger partial charge is 0.461 e. The van der Waals surface area contributed by atoms with Crippen molar-refractivity contribution in [2.24, 2.45) is 17.3 Å². The second kappa shape index (κ2) is 7.73. The summed E-state index contributed by atoms with van der Waals surface area (Å²) in [6.45, 7) is 4.32. The summed E-state index contributed by atoms with van der Waals surface area (Å²) >= 11 is 18.1. The molecule has 1 fully saturated rings. The van der Waals surface area contributed by atoms with Crippen molar-refractivity contribution in [3.05, 3.63) is 49.4 Å². The Morgan fingerprint density at radius 3 is 2.57 bits per heavy atom. The van der Waals surface area contributed by atoms with Crippen molar-refractivity contribution in [2.75, 3.05) is 0 Å². The topological polar surface area (TPSA) is 26.3 Å². The molecule has 0 aliphatic heterocycles. The molecule has 0 radical (unpaired) electrons. The van der Waals surface area contributed by atoms with Crippen LogP contribution in [0.25, 0.3) is 6.08 Å². The van der Waals surface area contributed by atoms with E-state index in [2.05, 4.69) is 45.7 Å². The van der Waals surface area contributed by atoms with Gasteiger partial charge in [0, 0.05) is 0 Å². The van der Waals surface area contributed by atoms with Crippen LogP contribution in [0.15, 0.2) is 38.2 Å². The van der Waals surface area contributed by atoms with Crippen molar-refractivity contribution in [1.29, 1.82) is 0 Å². The van der Waals surface area contributed by atoms with E-state index in [9.17, 15) is 4.79 Å². The van der Waals surface area contributed by atoms with Gasteiger partial charge in [-0.15, -0.1) is 0 Å². The summed E-state index contributed by atoms with van der Waals surface area (Å²) in [6, 6.07) is 7.53. The van der Waals surface area contributed by atoms with Gasteiger partial charge in [0.1, 0.15) is 11.1 Å². The maximum absolute atomic E-state index is 12.4. The van der Waals surface area contributed by atoms with E-state index in [0.29, 0.717) is 0 Å². The second-order valence-electron chi connectivity index (χ2n) is 6.02. The van der Waals surface area contributed by atoms with Gasteiger partial charge in [0.05, 0.1) is 9.31 Å². The van der Waals surface area contributed by atoms with Crippen LogP contribution in [0.3, 0.4) is 0 Å². The van der Waals surface area contributed by atoms with Gasteiger partial charge < -0.3 is 4.74 Å². The Morgan fingerprint density at radius 2 is 1.96 bits per heavy atom. The molecule has 0 heterocycles. The number of benzene rings is 1. The summed E-state index contributed by atoms with van der Waals surface area (Å²) in [5, 5.41) is 0. The molecular weight excluding hydrogens is 467 g/mol. The molecule has 1 aliphatic rings. The molecule has 0 N–H and O–H groups in total. The minimum atomic E-state index is -0.187. The molecule has 2 rings (SSSR count). The summed E-state index contributed by atoms with van der Waals surface area (Å²) in [7, 11) is 0. The van der Waals surface area contributed by atoms with Crippen LogP contribution in [-0.4, -0.2) is 5.97 Å². The predicted molar refractivity (Wildman–Crippen MR) is 103 cm³/mol. The Labute approximate surface area is 163 Å². The van der Waals surface area contributed by atoms with Crippen LogP contribution < -0.4 is 0 Å². The molecule has 2 nitrogen and oxygen atoms in total. The lowest BCUT2D eigenvalue weighted by Crippen LogP contribution is -2.11. The van der Waals surface area contributed by atoms with Crippen molar-refractivity contribution < 1.29 is 9.53 Å². The Hall–Kier alpha value is -0.290. The van der Waals surface area contributed by atoms with Crippen LogP contribution in [0.4, 0.5) is 0 Å². The summed E-state index contributed by atoms with van der Waals surface area (Å²) in [4.78, 5) is 12.4. The first-order valence-corrected chi connectivity index (χ1v) is 9.37. The van der Waals surface area contributed by atoms with Gasteiger partial charge in [0.15, 0.2) is 0 Å².